The maximum absolute atomic E-state index is 13.7. The van der Waals surface area contributed by atoms with E-state index in [0.29, 0.717) is 5.92 Å². The predicted octanol–water partition coefficient (Wildman–Crippen LogP) is 5.33. The van der Waals surface area contributed by atoms with Gasteiger partial charge in [-0.3, -0.25) is 0 Å². The molecular weight excluding hydrogens is 347 g/mol. The van der Waals surface area contributed by atoms with Crippen LogP contribution in [0.4, 0.5) is 4.39 Å². The lowest BCUT2D eigenvalue weighted by Crippen LogP contribution is -2.16. The summed E-state index contributed by atoms with van der Waals surface area (Å²) in [5.41, 5.74) is 0.843. The van der Waals surface area contributed by atoms with Crippen LogP contribution < -0.4 is 0 Å². The quantitative estimate of drug-likeness (QED) is 0.634. The molecule has 0 saturated heterocycles. The normalized spacial score (nSPS) is 18.5. The van der Waals surface area contributed by atoms with E-state index in [2.05, 4.69) is 31.9 Å². The van der Waals surface area contributed by atoms with Crippen molar-refractivity contribution in [2.45, 2.75) is 32.1 Å². The minimum atomic E-state index is -0.0721. The maximum Gasteiger partial charge on any atom is 0.126 e. The van der Waals surface area contributed by atoms with Gasteiger partial charge >= 0.3 is 0 Å². The molecule has 1 aromatic rings. The third-order valence-corrected chi connectivity index (χ3v) is 5.08. The molecule has 0 nitrogen and oxygen atoms in total. The Kier molecular flexibility index (Phi) is 5.04. The zero-order valence-corrected chi connectivity index (χ0v) is 12.9. The number of rotatable bonds is 4. The smallest absolute Gasteiger partial charge is 0.126 e. The summed E-state index contributed by atoms with van der Waals surface area (Å²) in [5.74, 6) is 1.27. The van der Waals surface area contributed by atoms with E-state index in [1.54, 1.807) is 12.1 Å². The highest BCUT2D eigenvalue weighted by Crippen LogP contribution is 2.34. The molecule has 0 aromatic heterocycles. The largest absolute Gasteiger partial charge is 0.207 e. The Morgan fingerprint density at radius 3 is 2.65 bits per heavy atom. The van der Waals surface area contributed by atoms with Crippen LogP contribution in [0, 0.1) is 17.7 Å². The van der Waals surface area contributed by atoms with Gasteiger partial charge in [0.2, 0.25) is 0 Å². The molecule has 1 fully saturated rings. The summed E-state index contributed by atoms with van der Waals surface area (Å²) in [5, 5.41) is 0.976. The van der Waals surface area contributed by atoms with Gasteiger partial charge < -0.3 is 0 Å². The van der Waals surface area contributed by atoms with Crippen LogP contribution in [0.5, 0.6) is 0 Å². The summed E-state index contributed by atoms with van der Waals surface area (Å²) in [6, 6.07) is 5.23. The van der Waals surface area contributed by atoms with E-state index in [0.717, 1.165) is 27.7 Å². The van der Waals surface area contributed by atoms with E-state index >= 15 is 0 Å². The predicted molar refractivity (Wildman–Crippen MR) is 77.0 cm³/mol. The number of halogens is 3. The van der Waals surface area contributed by atoms with Crippen LogP contribution in [0.1, 0.15) is 31.2 Å². The molecule has 0 amide bonds. The Hall–Kier alpha value is 0.110. The molecule has 1 aliphatic rings. The monoisotopic (exact) mass is 362 g/mol. The molecule has 0 aliphatic heterocycles. The third-order valence-electron chi connectivity index (χ3n) is 3.75. The average Bonchev–Trinajstić information content (AvgIpc) is 2.84. The van der Waals surface area contributed by atoms with Gasteiger partial charge in [-0.05, 0) is 42.0 Å². The number of hydrogen-bond donors (Lipinski definition) is 0. The van der Waals surface area contributed by atoms with Gasteiger partial charge in [0.1, 0.15) is 5.82 Å². The molecule has 0 N–H and O–H groups in total. The lowest BCUT2D eigenvalue weighted by atomic mass is 9.87. The second kappa shape index (κ2) is 6.33. The first-order chi connectivity index (χ1) is 8.20. The Morgan fingerprint density at radius 1 is 1.29 bits per heavy atom. The minimum Gasteiger partial charge on any atom is -0.207 e. The summed E-state index contributed by atoms with van der Waals surface area (Å²) < 4.78 is 14.7. The maximum atomic E-state index is 13.7. The van der Waals surface area contributed by atoms with Gasteiger partial charge in [0.15, 0.2) is 0 Å². The molecule has 1 atom stereocenters. The van der Waals surface area contributed by atoms with Crippen molar-refractivity contribution in [1.29, 1.82) is 0 Å². The molecule has 0 radical (unpaired) electrons. The van der Waals surface area contributed by atoms with Crippen LogP contribution in [-0.4, -0.2) is 5.33 Å². The molecule has 17 heavy (non-hydrogen) atoms. The van der Waals surface area contributed by atoms with Crippen LogP contribution in [0.3, 0.4) is 0 Å². The Balaban J connectivity index is 2.09. The van der Waals surface area contributed by atoms with Crippen LogP contribution in [0.15, 0.2) is 22.7 Å². The average molecular weight is 364 g/mol. The summed E-state index contributed by atoms with van der Waals surface area (Å²) in [4.78, 5) is 0. The Morgan fingerprint density at radius 2 is 2.00 bits per heavy atom. The van der Waals surface area contributed by atoms with Gasteiger partial charge in [0, 0.05) is 9.80 Å². The third kappa shape index (κ3) is 3.54. The van der Waals surface area contributed by atoms with Crippen LogP contribution in [0.25, 0.3) is 0 Å². The molecule has 0 heterocycles. The minimum absolute atomic E-state index is 0.0721. The first-order valence-electron chi connectivity index (χ1n) is 6.20. The zero-order valence-electron chi connectivity index (χ0n) is 9.76. The highest BCUT2D eigenvalue weighted by atomic mass is 79.9. The van der Waals surface area contributed by atoms with Crippen LogP contribution in [0.2, 0.25) is 0 Å². The van der Waals surface area contributed by atoms with Gasteiger partial charge in [-0.1, -0.05) is 57.5 Å². The van der Waals surface area contributed by atoms with Crippen molar-refractivity contribution < 1.29 is 4.39 Å². The highest BCUT2D eigenvalue weighted by Gasteiger charge is 2.25. The van der Waals surface area contributed by atoms with E-state index < -0.39 is 0 Å². The number of alkyl halides is 1. The lowest BCUT2D eigenvalue weighted by molar-refractivity contribution is 0.368. The van der Waals surface area contributed by atoms with Gasteiger partial charge in [-0.15, -0.1) is 0 Å². The SMILES string of the molecule is Fc1ccc(Br)cc1CC(CBr)C1CCCC1. The van der Waals surface area contributed by atoms with Gasteiger partial charge in [-0.2, -0.15) is 0 Å². The van der Waals surface area contributed by atoms with Crippen molar-refractivity contribution >= 4 is 31.9 Å². The van der Waals surface area contributed by atoms with Gasteiger partial charge in [0.05, 0.1) is 0 Å². The van der Waals surface area contributed by atoms with E-state index in [1.165, 1.54) is 25.7 Å². The zero-order chi connectivity index (χ0) is 12.3. The fraction of sp³-hybridized carbons (Fsp3) is 0.571. The number of benzene rings is 1. The Labute approximate surface area is 119 Å². The van der Waals surface area contributed by atoms with Crippen LogP contribution in [-0.2, 0) is 6.42 Å². The molecular formula is C14H17Br2F. The van der Waals surface area contributed by atoms with E-state index in [9.17, 15) is 4.39 Å². The summed E-state index contributed by atoms with van der Waals surface area (Å²) in [6.45, 7) is 0. The summed E-state index contributed by atoms with van der Waals surface area (Å²) in [6.07, 6.45) is 6.16. The van der Waals surface area contributed by atoms with Crippen molar-refractivity contribution in [3.63, 3.8) is 0 Å². The molecule has 2 rings (SSSR count). The second-order valence-electron chi connectivity index (χ2n) is 4.90. The molecule has 1 aliphatic carbocycles. The topological polar surface area (TPSA) is 0 Å². The fourth-order valence-electron chi connectivity index (χ4n) is 2.76. The summed E-state index contributed by atoms with van der Waals surface area (Å²) in [7, 11) is 0. The van der Waals surface area contributed by atoms with Crippen LogP contribution >= 0.6 is 31.9 Å². The summed E-state index contributed by atoms with van der Waals surface area (Å²) >= 11 is 7.01. The van der Waals surface area contributed by atoms with Crippen molar-refractivity contribution in [2.24, 2.45) is 11.8 Å². The van der Waals surface area contributed by atoms with Gasteiger partial charge in [-0.25, -0.2) is 4.39 Å². The van der Waals surface area contributed by atoms with Crippen molar-refractivity contribution in [3.8, 4) is 0 Å². The van der Waals surface area contributed by atoms with Crippen molar-refractivity contribution in [3.05, 3.63) is 34.1 Å². The molecule has 3 heteroatoms. The highest BCUT2D eigenvalue weighted by molar-refractivity contribution is 9.10. The first-order valence-corrected chi connectivity index (χ1v) is 8.12. The van der Waals surface area contributed by atoms with E-state index in [1.807, 2.05) is 6.07 Å². The molecule has 1 saturated carbocycles. The number of hydrogen-bond acceptors (Lipinski definition) is 0. The molecule has 0 spiro atoms. The molecule has 0 bridgehead atoms. The van der Waals surface area contributed by atoms with Crippen molar-refractivity contribution in [2.75, 3.05) is 5.33 Å². The van der Waals surface area contributed by atoms with E-state index in [4.69, 9.17) is 0 Å². The van der Waals surface area contributed by atoms with E-state index in [-0.39, 0.29) is 5.82 Å². The standard InChI is InChI=1S/C14H17Br2F/c15-9-12(10-3-1-2-4-10)7-11-8-13(16)5-6-14(11)17/h5-6,8,10,12H,1-4,7,9H2. The second-order valence-corrected chi connectivity index (χ2v) is 6.46. The fourth-order valence-corrected chi connectivity index (χ4v) is 3.92. The molecule has 94 valence electrons. The van der Waals surface area contributed by atoms with Crippen molar-refractivity contribution in [1.82, 2.24) is 0 Å². The van der Waals surface area contributed by atoms with Gasteiger partial charge in [0.25, 0.3) is 0 Å². The molecule has 1 unspecified atom stereocenters. The first kappa shape index (κ1) is 13.5. The molecule has 1 aromatic carbocycles. The Bertz CT molecular complexity index is 372. The lowest BCUT2D eigenvalue weighted by Gasteiger charge is -2.21.